The summed E-state index contributed by atoms with van der Waals surface area (Å²) < 4.78 is 14.7. The first kappa shape index (κ1) is 31.4. The van der Waals surface area contributed by atoms with Gasteiger partial charge in [0.25, 0.3) is 0 Å². The SMILES string of the molecule is CCCN(N)/C=C(\N)COC(c1ccc(C)c(CN2CCOc3ccccc3S2)c1)C(C)(C)C(=O)Nc1cccnc1. The summed E-state index contributed by atoms with van der Waals surface area (Å²) in [5, 5.41) is 4.55. The van der Waals surface area contributed by atoms with Crippen molar-refractivity contribution in [2.45, 2.75) is 51.7 Å². The number of aromatic nitrogens is 1. The monoisotopic (exact) mass is 590 g/mol. The van der Waals surface area contributed by atoms with Crippen LogP contribution in [-0.2, 0) is 16.1 Å². The Morgan fingerprint density at radius 2 is 2.07 bits per heavy atom. The van der Waals surface area contributed by atoms with Crippen LogP contribution in [0.4, 0.5) is 5.69 Å². The lowest BCUT2D eigenvalue weighted by atomic mass is 9.80. The molecule has 2 aromatic carbocycles. The smallest absolute Gasteiger partial charge is 0.233 e. The molecule has 1 atom stereocenters. The average molecular weight is 591 g/mol. The van der Waals surface area contributed by atoms with Gasteiger partial charge in [-0.25, -0.2) is 10.1 Å². The van der Waals surface area contributed by atoms with E-state index in [2.05, 4.69) is 39.7 Å². The van der Waals surface area contributed by atoms with E-state index < -0.39 is 11.5 Å². The number of rotatable bonds is 12. The molecule has 0 fully saturated rings. The number of anilines is 1. The number of hydrogen-bond acceptors (Lipinski definition) is 9. The van der Waals surface area contributed by atoms with E-state index in [9.17, 15) is 4.79 Å². The molecule has 2 heterocycles. The van der Waals surface area contributed by atoms with Crippen LogP contribution in [0.3, 0.4) is 0 Å². The van der Waals surface area contributed by atoms with Crippen LogP contribution in [0.25, 0.3) is 0 Å². The second kappa shape index (κ2) is 14.6. The number of para-hydroxylation sites is 1. The van der Waals surface area contributed by atoms with Crippen molar-refractivity contribution in [3.05, 3.63) is 95.6 Å². The van der Waals surface area contributed by atoms with Gasteiger partial charge in [0, 0.05) is 32.0 Å². The van der Waals surface area contributed by atoms with Crippen molar-refractivity contribution < 1.29 is 14.3 Å². The maximum absolute atomic E-state index is 13.7. The molecule has 10 heteroatoms. The Kier molecular flexibility index (Phi) is 10.9. The molecule has 42 heavy (non-hydrogen) atoms. The van der Waals surface area contributed by atoms with Gasteiger partial charge in [-0.05, 0) is 80.1 Å². The number of pyridine rings is 1. The summed E-state index contributed by atoms with van der Waals surface area (Å²) in [6, 6.07) is 18.0. The third-order valence-electron chi connectivity index (χ3n) is 7.09. The number of fused-ring (bicyclic) bond motifs is 1. The number of nitrogens with two attached hydrogens (primary N) is 2. The van der Waals surface area contributed by atoms with Crippen molar-refractivity contribution in [1.29, 1.82) is 0 Å². The molecule has 0 aliphatic carbocycles. The first-order chi connectivity index (χ1) is 20.2. The molecule has 1 aliphatic heterocycles. The molecule has 9 nitrogen and oxygen atoms in total. The molecule has 0 spiro atoms. The summed E-state index contributed by atoms with van der Waals surface area (Å²) in [5.41, 5.74) is 9.63. The highest BCUT2D eigenvalue weighted by molar-refractivity contribution is 7.97. The highest BCUT2D eigenvalue weighted by Crippen LogP contribution is 2.40. The van der Waals surface area contributed by atoms with Gasteiger partial charge >= 0.3 is 0 Å². The number of carbonyl (C=O) groups is 1. The zero-order valence-electron chi connectivity index (χ0n) is 24.9. The first-order valence-corrected chi connectivity index (χ1v) is 15.0. The van der Waals surface area contributed by atoms with Gasteiger partial charge in [-0.3, -0.25) is 9.78 Å². The maximum atomic E-state index is 13.7. The molecule has 3 aromatic rings. The number of nitrogens with zero attached hydrogens (tertiary/aromatic N) is 3. The molecule has 0 saturated heterocycles. The van der Waals surface area contributed by atoms with Gasteiger partial charge in [-0.15, -0.1) is 0 Å². The number of amides is 1. The standard InChI is InChI=1S/C32H42N6O3S/c1-5-15-37(34)21-26(33)22-41-30(32(3,4)31(39)36-27-9-8-14-35-19-27)24-13-12-23(2)25(18-24)20-38-16-17-40-28-10-6-7-11-29(28)42-38/h6-14,18-19,21,30H,5,15-17,20,22,33-34H2,1-4H3,(H,36,39)/b26-21-. The van der Waals surface area contributed by atoms with Gasteiger partial charge in [0.1, 0.15) is 12.4 Å². The Morgan fingerprint density at radius 1 is 1.26 bits per heavy atom. The first-order valence-electron chi connectivity index (χ1n) is 14.2. The molecule has 1 aliphatic rings. The minimum absolute atomic E-state index is 0.116. The van der Waals surface area contributed by atoms with Gasteiger partial charge in [0.05, 0.1) is 40.6 Å². The molecule has 1 amide bonds. The number of hydrazine groups is 1. The quantitative estimate of drug-likeness (QED) is 0.145. The van der Waals surface area contributed by atoms with Gasteiger partial charge in [0.2, 0.25) is 5.91 Å². The van der Waals surface area contributed by atoms with Crippen molar-refractivity contribution in [3.63, 3.8) is 0 Å². The van der Waals surface area contributed by atoms with Gasteiger partial charge in [-0.2, -0.15) is 0 Å². The fourth-order valence-corrected chi connectivity index (χ4v) is 5.74. The minimum atomic E-state index is -0.960. The number of hydrogen-bond donors (Lipinski definition) is 3. The van der Waals surface area contributed by atoms with Crippen LogP contribution in [0, 0.1) is 12.3 Å². The van der Waals surface area contributed by atoms with Crippen LogP contribution in [0.15, 0.2) is 83.8 Å². The third-order valence-corrected chi connectivity index (χ3v) is 8.19. The summed E-state index contributed by atoms with van der Waals surface area (Å²) in [4.78, 5) is 18.9. The Morgan fingerprint density at radius 3 is 2.83 bits per heavy atom. The Labute approximate surface area is 253 Å². The largest absolute Gasteiger partial charge is 0.491 e. The highest BCUT2D eigenvalue weighted by atomic mass is 32.2. The van der Waals surface area contributed by atoms with E-state index in [-0.39, 0.29) is 12.5 Å². The molecule has 5 N–H and O–H groups in total. The normalized spacial score (nSPS) is 14.8. The van der Waals surface area contributed by atoms with E-state index in [1.54, 1.807) is 41.6 Å². The second-order valence-corrected chi connectivity index (χ2v) is 12.1. The van der Waals surface area contributed by atoms with Gasteiger partial charge in [0.15, 0.2) is 0 Å². The summed E-state index contributed by atoms with van der Waals surface area (Å²) in [6.07, 6.45) is 5.27. The van der Waals surface area contributed by atoms with E-state index in [1.165, 1.54) is 0 Å². The molecular formula is C32H42N6O3S. The van der Waals surface area contributed by atoms with Crippen LogP contribution in [0.1, 0.15) is 50.0 Å². The Bertz CT molecular complexity index is 1370. The van der Waals surface area contributed by atoms with Crippen LogP contribution >= 0.6 is 11.9 Å². The molecule has 1 unspecified atom stereocenters. The number of nitrogens with one attached hydrogen (secondary N) is 1. The van der Waals surface area contributed by atoms with Crippen LogP contribution in [-0.4, -0.2) is 46.5 Å². The molecule has 0 saturated carbocycles. The van der Waals surface area contributed by atoms with Crippen LogP contribution < -0.4 is 21.6 Å². The van der Waals surface area contributed by atoms with E-state index in [1.807, 2.05) is 51.1 Å². The topological polar surface area (TPSA) is 119 Å². The highest BCUT2D eigenvalue weighted by Gasteiger charge is 2.39. The predicted molar refractivity (Wildman–Crippen MR) is 168 cm³/mol. The van der Waals surface area contributed by atoms with E-state index in [4.69, 9.17) is 21.1 Å². The Hall–Kier alpha value is -3.57. The maximum Gasteiger partial charge on any atom is 0.233 e. The molecule has 224 valence electrons. The summed E-state index contributed by atoms with van der Waals surface area (Å²) >= 11 is 1.70. The van der Waals surface area contributed by atoms with Crippen LogP contribution in [0.5, 0.6) is 5.75 Å². The zero-order valence-corrected chi connectivity index (χ0v) is 25.7. The lowest BCUT2D eigenvalue weighted by molar-refractivity contribution is -0.133. The third kappa shape index (κ3) is 8.25. The lowest BCUT2D eigenvalue weighted by Gasteiger charge is -2.34. The summed E-state index contributed by atoms with van der Waals surface area (Å²) in [5.74, 6) is 6.75. The number of carbonyl (C=O) groups excluding carboxylic acids is 1. The van der Waals surface area contributed by atoms with Crippen molar-refractivity contribution >= 4 is 23.5 Å². The summed E-state index contributed by atoms with van der Waals surface area (Å²) in [6.45, 7) is 10.8. The van der Waals surface area contributed by atoms with E-state index >= 15 is 0 Å². The van der Waals surface area contributed by atoms with Crippen molar-refractivity contribution in [1.82, 2.24) is 14.3 Å². The average Bonchev–Trinajstić information content (AvgIpc) is 3.17. The van der Waals surface area contributed by atoms with E-state index in [0.29, 0.717) is 31.1 Å². The van der Waals surface area contributed by atoms with E-state index in [0.717, 1.165) is 40.3 Å². The molecule has 0 radical (unpaired) electrons. The molecular weight excluding hydrogens is 548 g/mol. The fourth-order valence-electron chi connectivity index (χ4n) is 4.73. The minimum Gasteiger partial charge on any atom is -0.491 e. The number of benzene rings is 2. The number of ether oxygens (including phenoxy) is 2. The Balaban J connectivity index is 1.61. The molecule has 4 rings (SSSR count). The zero-order chi connectivity index (χ0) is 30.1. The predicted octanol–water partition coefficient (Wildman–Crippen LogP) is 5.40. The summed E-state index contributed by atoms with van der Waals surface area (Å²) in [7, 11) is 0. The molecule has 1 aromatic heterocycles. The number of aryl methyl sites for hydroxylation is 1. The van der Waals surface area contributed by atoms with Crippen molar-refractivity contribution in [2.75, 3.05) is 31.6 Å². The van der Waals surface area contributed by atoms with Gasteiger partial charge in [-0.1, -0.05) is 37.3 Å². The van der Waals surface area contributed by atoms with Crippen molar-refractivity contribution in [2.24, 2.45) is 17.0 Å². The lowest BCUT2D eigenvalue weighted by Crippen LogP contribution is -2.38. The van der Waals surface area contributed by atoms with Gasteiger partial charge < -0.3 is 25.5 Å². The second-order valence-electron chi connectivity index (χ2n) is 11.0. The molecule has 0 bridgehead atoms. The van der Waals surface area contributed by atoms with Crippen LogP contribution in [0.2, 0.25) is 0 Å². The van der Waals surface area contributed by atoms with Crippen molar-refractivity contribution in [3.8, 4) is 5.75 Å². The fraction of sp³-hybridized carbons (Fsp3) is 0.375.